The van der Waals surface area contributed by atoms with E-state index in [4.69, 9.17) is 14.9 Å². The van der Waals surface area contributed by atoms with Crippen LogP contribution >= 0.6 is 15.9 Å². The van der Waals surface area contributed by atoms with Gasteiger partial charge in [-0.3, -0.25) is 0 Å². The lowest BCUT2D eigenvalue weighted by Gasteiger charge is -2.25. The maximum atomic E-state index is 11.6. The molecule has 1 aromatic rings. The predicted octanol–water partition coefficient (Wildman–Crippen LogP) is 2.68. The van der Waals surface area contributed by atoms with Crippen LogP contribution in [0.3, 0.4) is 0 Å². The standard InChI is InChI=1S/C13H20BrNO5S/c1-8(2)6-9(10-4-5-12(14)19-10)11(20-13(15)16)7-21(3,17)18/h4-5,8-9,11H,6-7H2,1-3H3,(H2,15,16). The lowest BCUT2D eigenvalue weighted by molar-refractivity contribution is 0.0909. The number of hydrogen-bond donors (Lipinski definition) is 1. The lowest BCUT2D eigenvalue weighted by atomic mass is 9.90. The summed E-state index contributed by atoms with van der Waals surface area (Å²) in [6.45, 7) is 3.99. The molecule has 0 fully saturated rings. The van der Waals surface area contributed by atoms with E-state index in [9.17, 15) is 13.2 Å². The van der Waals surface area contributed by atoms with Crippen molar-refractivity contribution in [3.63, 3.8) is 0 Å². The fourth-order valence-electron chi connectivity index (χ4n) is 2.17. The zero-order chi connectivity index (χ0) is 16.2. The van der Waals surface area contributed by atoms with Crippen LogP contribution in [0.25, 0.3) is 0 Å². The van der Waals surface area contributed by atoms with Gasteiger partial charge in [0.15, 0.2) is 14.5 Å². The maximum Gasteiger partial charge on any atom is 0.404 e. The fourth-order valence-corrected chi connectivity index (χ4v) is 3.38. The molecule has 120 valence electrons. The van der Waals surface area contributed by atoms with Gasteiger partial charge < -0.3 is 14.9 Å². The number of hydrogen-bond acceptors (Lipinski definition) is 5. The highest BCUT2D eigenvalue weighted by molar-refractivity contribution is 9.10. The van der Waals surface area contributed by atoms with Crippen LogP contribution < -0.4 is 5.73 Å². The number of rotatable bonds is 7. The van der Waals surface area contributed by atoms with Crippen LogP contribution in [0.4, 0.5) is 4.79 Å². The van der Waals surface area contributed by atoms with Gasteiger partial charge in [0, 0.05) is 6.26 Å². The van der Waals surface area contributed by atoms with Gasteiger partial charge in [0.25, 0.3) is 0 Å². The van der Waals surface area contributed by atoms with Crippen LogP contribution in [0.2, 0.25) is 0 Å². The molecule has 0 aliphatic heterocycles. The number of amides is 1. The highest BCUT2D eigenvalue weighted by Crippen LogP contribution is 2.32. The van der Waals surface area contributed by atoms with Crippen molar-refractivity contribution in [3.8, 4) is 0 Å². The molecule has 8 heteroatoms. The molecule has 6 nitrogen and oxygen atoms in total. The molecule has 21 heavy (non-hydrogen) atoms. The average molecular weight is 382 g/mol. The van der Waals surface area contributed by atoms with Crippen molar-refractivity contribution in [2.75, 3.05) is 12.0 Å². The second kappa shape index (κ2) is 7.31. The predicted molar refractivity (Wildman–Crippen MR) is 82.8 cm³/mol. The smallest absolute Gasteiger partial charge is 0.404 e. The number of nitrogens with two attached hydrogens (primary N) is 1. The summed E-state index contributed by atoms with van der Waals surface area (Å²) in [7, 11) is -3.34. The molecular formula is C13H20BrNO5S. The maximum absolute atomic E-state index is 11.6. The third kappa shape index (κ3) is 6.52. The second-order valence-corrected chi connectivity index (χ2v) is 8.41. The van der Waals surface area contributed by atoms with E-state index in [0.717, 1.165) is 6.26 Å². The van der Waals surface area contributed by atoms with Crippen molar-refractivity contribution < 1.29 is 22.4 Å². The van der Waals surface area contributed by atoms with E-state index in [2.05, 4.69) is 15.9 Å². The number of sulfone groups is 1. The minimum atomic E-state index is -3.34. The molecule has 2 unspecified atom stereocenters. The van der Waals surface area contributed by atoms with Crippen molar-refractivity contribution in [2.24, 2.45) is 11.7 Å². The number of carbonyl (C=O) groups is 1. The molecule has 2 atom stereocenters. The average Bonchev–Trinajstić information content (AvgIpc) is 2.68. The van der Waals surface area contributed by atoms with Gasteiger partial charge in [-0.2, -0.15) is 0 Å². The summed E-state index contributed by atoms with van der Waals surface area (Å²) >= 11 is 3.21. The van der Waals surface area contributed by atoms with Gasteiger partial charge in [0.05, 0.1) is 11.7 Å². The minimum Gasteiger partial charge on any atom is -0.454 e. The highest BCUT2D eigenvalue weighted by Gasteiger charge is 2.32. The van der Waals surface area contributed by atoms with Crippen LogP contribution in [-0.4, -0.2) is 32.6 Å². The molecule has 0 bridgehead atoms. The van der Waals surface area contributed by atoms with Gasteiger partial charge in [0.2, 0.25) is 0 Å². The Bertz CT molecular complexity index is 581. The van der Waals surface area contributed by atoms with E-state index in [1.807, 2.05) is 13.8 Å². The monoisotopic (exact) mass is 381 g/mol. The molecule has 0 aliphatic rings. The van der Waals surface area contributed by atoms with E-state index >= 15 is 0 Å². The first kappa shape index (κ1) is 18.0. The summed E-state index contributed by atoms with van der Waals surface area (Å²) in [5, 5.41) is 0. The van der Waals surface area contributed by atoms with Gasteiger partial charge in [-0.15, -0.1) is 0 Å². The van der Waals surface area contributed by atoms with E-state index in [0.29, 0.717) is 16.9 Å². The number of primary amides is 1. The van der Waals surface area contributed by atoms with E-state index in [-0.39, 0.29) is 17.6 Å². The Balaban J connectivity index is 3.12. The fraction of sp³-hybridized carbons (Fsp3) is 0.615. The second-order valence-electron chi connectivity index (χ2n) is 5.45. The van der Waals surface area contributed by atoms with Gasteiger partial charge in [0.1, 0.15) is 11.9 Å². The number of carbonyl (C=O) groups excluding carboxylic acids is 1. The molecule has 1 heterocycles. The van der Waals surface area contributed by atoms with Crippen LogP contribution in [0, 0.1) is 5.92 Å². The van der Waals surface area contributed by atoms with Crippen LogP contribution in [0.15, 0.2) is 21.2 Å². The summed E-state index contributed by atoms with van der Waals surface area (Å²) in [6, 6.07) is 3.45. The Morgan fingerprint density at radius 1 is 1.43 bits per heavy atom. The quantitative estimate of drug-likeness (QED) is 0.782. The Hall–Kier alpha value is -1.02. The molecule has 1 aromatic heterocycles. The van der Waals surface area contributed by atoms with Gasteiger partial charge in [-0.05, 0) is 40.4 Å². The van der Waals surface area contributed by atoms with Gasteiger partial charge in [-0.1, -0.05) is 13.8 Å². The molecule has 0 saturated carbocycles. The Morgan fingerprint density at radius 2 is 2.05 bits per heavy atom. The SMILES string of the molecule is CC(C)CC(c1ccc(Br)o1)C(CS(C)(=O)=O)OC(N)=O. The molecule has 2 N–H and O–H groups in total. The minimum absolute atomic E-state index is 0.261. The first-order valence-corrected chi connectivity index (χ1v) is 9.33. The molecule has 0 saturated heterocycles. The summed E-state index contributed by atoms with van der Waals surface area (Å²) in [6.07, 6.45) is -0.177. The van der Waals surface area contributed by atoms with E-state index in [1.54, 1.807) is 12.1 Å². The lowest BCUT2D eigenvalue weighted by Crippen LogP contribution is -2.34. The van der Waals surface area contributed by atoms with E-state index in [1.165, 1.54) is 0 Å². The largest absolute Gasteiger partial charge is 0.454 e. The summed E-state index contributed by atoms with van der Waals surface area (Å²) in [5.41, 5.74) is 5.07. The molecule has 0 radical (unpaired) electrons. The van der Waals surface area contributed by atoms with Gasteiger partial charge >= 0.3 is 6.09 Å². The molecule has 0 aromatic carbocycles. The number of halogens is 1. The Labute approximate surface area is 133 Å². The van der Waals surface area contributed by atoms with E-state index < -0.39 is 22.0 Å². The number of furan rings is 1. The van der Waals surface area contributed by atoms with Crippen LogP contribution in [0.5, 0.6) is 0 Å². The zero-order valence-electron chi connectivity index (χ0n) is 12.2. The first-order chi connectivity index (χ1) is 9.58. The molecule has 0 spiro atoms. The third-order valence-corrected chi connectivity index (χ3v) is 4.23. The van der Waals surface area contributed by atoms with Gasteiger partial charge in [-0.25, -0.2) is 13.2 Å². The Kier molecular flexibility index (Phi) is 6.27. The first-order valence-electron chi connectivity index (χ1n) is 6.47. The normalized spacial score (nSPS) is 14.9. The van der Waals surface area contributed by atoms with Crippen molar-refractivity contribution in [1.82, 2.24) is 0 Å². The van der Waals surface area contributed by atoms with Crippen molar-refractivity contribution in [2.45, 2.75) is 32.3 Å². The molecule has 0 aliphatic carbocycles. The Morgan fingerprint density at radius 3 is 2.43 bits per heavy atom. The summed E-state index contributed by atoms with van der Waals surface area (Å²) in [4.78, 5) is 11.1. The number of ether oxygens (including phenoxy) is 1. The topological polar surface area (TPSA) is 99.6 Å². The highest BCUT2D eigenvalue weighted by atomic mass is 79.9. The molecule has 1 rings (SSSR count). The molecule has 1 amide bonds. The summed E-state index contributed by atoms with van der Waals surface area (Å²) < 4.78 is 34.2. The van der Waals surface area contributed by atoms with Crippen LogP contribution in [-0.2, 0) is 14.6 Å². The third-order valence-electron chi connectivity index (χ3n) is 2.87. The van der Waals surface area contributed by atoms with Crippen molar-refractivity contribution >= 4 is 31.9 Å². The van der Waals surface area contributed by atoms with Crippen molar-refractivity contribution in [1.29, 1.82) is 0 Å². The summed E-state index contributed by atoms with van der Waals surface area (Å²) in [5.74, 6) is 0.146. The van der Waals surface area contributed by atoms with Crippen LogP contribution in [0.1, 0.15) is 31.9 Å². The molecular weight excluding hydrogens is 362 g/mol. The zero-order valence-corrected chi connectivity index (χ0v) is 14.6. The van der Waals surface area contributed by atoms with Crippen molar-refractivity contribution in [3.05, 3.63) is 22.6 Å².